The molecule has 12 nitrogen and oxygen atoms in total. The summed E-state index contributed by atoms with van der Waals surface area (Å²) in [6, 6.07) is -4.77. The Morgan fingerprint density at radius 3 is 1.92 bits per heavy atom. The first-order chi connectivity index (χ1) is 11.0. The molecule has 0 aliphatic carbocycles. The van der Waals surface area contributed by atoms with E-state index in [-0.39, 0.29) is 0 Å². The van der Waals surface area contributed by atoms with Crippen LogP contribution in [0.2, 0.25) is 0 Å². The minimum atomic E-state index is -1.70. The number of carboxylic acid groups (broad SMARTS) is 2. The van der Waals surface area contributed by atoms with Gasteiger partial charge in [0.15, 0.2) is 6.04 Å². The van der Waals surface area contributed by atoms with Crippen LogP contribution in [0, 0.1) is 0 Å². The van der Waals surface area contributed by atoms with Crippen LogP contribution in [0.1, 0.15) is 19.8 Å². The van der Waals surface area contributed by atoms with Crippen LogP contribution in [-0.4, -0.2) is 69.2 Å². The monoisotopic (exact) mass is 348 g/mol. The van der Waals surface area contributed by atoms with Crippen molar-refractivity contribution in [2.24, 2.45) is 11.5 Å². The van der Waals surface area contributed by atoms with E-state index in [0.29, 0.717) is 0 Å². The average molecular weight is 348 g/mol. The standard InChI is InChI=1S/C12H20N4O8/c1-4(17)9(12(23)24)16-11(22)6(3-8(19)20)15-10(21)5(13)2-7(14)18/h4-6,9,17H,2-3,13H2,1H3,(H2,14,18)(H,15,21)(H,16,22)(H,19,20)(H,23,24)/t4-,5+,6+,9+/m1/s1. The van der Waals surface area contributed by atoms with Crippen LogP contribution in [0.3, 0.4) is 0 Å². The van der Waals surface area contributed by atoms with Gasteiger partial charge in [-0.05, 0) is 6.92 Å². The minimum absolute atomic E-state index is 0.529. The minimum Gasteiger partial charge on any atom is -0.481 e. The molecule has 0 saturated heterocycles. The summed E-state index contributed by atoms with van der Waals surface area (Å²) in [5, 5.41) is 30.9. The van der Waals surface area contributed by atoms with Gasteiger partial charge in [-0.3, -0.25) is 19.2 Å². The molecule has 0 aromatic carbocycles. The van der Waals surface area contributed by atoms with Crippen molar-refractivity contribution in [2.75, 3.05) is 0 Å². The maximum Gasteiger partial charge on any atom is 0.328 e. The summed E-state index contributed by atoms with van der Waals surface area (Å²) in [5.41, 5.74) is 10.2. The highest BCUT2D eigenvalue weighted by Crippen LogP contribution is 2.00. The third kappa shape index (κ3) is 7.51. The van der Waals surface area contributed by atoms with Crippen molar-refractivity contribution in [1.82, 2.24) is 10.6 Å². The number of nitrogens with two attached hydrogens (primary N) is 2. The number of primary amides is 1. The first-order valence-corrected chi connectivity index (χ1v) is 6.73. The number of aliphatic carboxylic acids is 2. The Labute approximate surface area is 136 Å². The highest BCUT2D eigenvalue weighted by molar-refractivity contribution is 5.95. The molecule has 0 spiro atoms. The predicted octanol–water partition coefficient (Wildman–Crippen LogP) is -3.90. The van der Waals surface area contributed by atoms with Gasteiger partial charge >= 0.3 is 11.9 Å². The van der Waals surface area contributed by atoms with Gasteiger partial charge < -0.3 is 37.4 Å². The topological polar surface area (TPSA) is 222 Å². The van der Waals surface area contributed by atoms with E-state index in [1.165, 1.54) is 0 Å². The van der Waals surface area contributed by atoms with Crippen molar-refractivity contribution >= 4 is 29.7 Å². The molecule has 136 valence electrons. The van der Waals surface area contributed by atoms with E-state index in [1.54, 1.807) is 0 Å². The fourth-order valence-corrected chi connectivity index (χ4v) is 1.61. The normalized spacial score (nSPS) is 15.5. The number of hydrogen-bond donors (Lipinski definition) is 7. The molecule has 0 fully saturated rings. The van der Waals surface area contributed by atoms with Crippen molar-refractivity contribution in [1.29, 1.82) is 0 Å². The summed E-state index contributed by atoms with van der Waals surface area (Å²) < 4.78 is 0. The Morgan fingerprint density at radius 1 is 1.00 bits per heavy atom. The number of hydrogen-bond acceptors (Lipinski definition) is 7. The zero-order valence-corrected chi connectivity index (χ0v) is 12.8. The Hall–Kier alpha value is -2.73. The Bertz CT molecular complexity index is 521. The average Bonchev–Trinajstić information content (AvgIpc) is 2.41. The zero-order valence-electron chi connectivity index (χ0n) is 12.8. The fourth-order valence-electron chi connectivity index (χ4n) is 1.61. The van der Waals surface area contributed by atoms with E-state index in [0.717, 1.165) is 6.92 Å². The third-order valence-electron chi connectivity index (χ3n) is 2.82. The smallest absolute Gasteiger partial charge is 0.328 e. The number of rotatable bonds is 10. The van der Waals surface area contributed by atoms with Crippen LogP contribution in [0.4, 0.5) is 0 Å². The van der Waals surface area contributed by atoms with Gasteiger partial charge in [0.25, 0.3) is 0 Å². The van der Waals surface area contributed by atoms with E-state index < -0.39 is 66.7 Å². The van der Waals surface area contributed by atoms with Crippen molar-refractivity contribution in [3.8, 4) is 0 Å². The molecular formula is C12H20N4O8. The second-order valence-electron chi connectivity index (χ2n) is 5.00. The summed E-state index contributed by atoms with van der Waals surface area (Å²) in [5.74, 6) is -6.05. The molecule has 0 rings (SSSR count). The van der Waals surface area contributed by atoms with Gasteiger partial charge in [0, 0.05) is 0 Å². The van der Waals surface area contributed by atoms with E-state index in [2.05, 4.69) is 0 Å². The molecule has 4 atom stereocenters. The Balaban J connectivity index is 5.08. The van der Waals surface area contributed by atoms with Crippen molar-refractivity contribution in [3.63, 3.8) is 0 Å². The molecule has 3 amide bonds. The number of aliphatic hydroxyl groups is 1. The number of amides is 3. The van der Waals surface area contributed by atoms with Gasteiger partial charge in [0.2, 0.25) is 17.7 Å². The maximum absolute atomic E-state index is 12.0. The van der Waals surface area contributed by atoms with Crippen LogP contribution in [0.25, 0.3) is 0 Å². The first kappa shape index (κ1) is 21.3. The quantitative estimate of drug-likeness (QED) is 0.204. The molecule has 0 unspecified atom stereocenters. The Morgan fingerprint density at radius 2 is 1.54 bits per heavy atom. The van der Waals surface area contributed by atoms with Gasteiger partial charge in [-0.1, -0.05) is 0 Å². The van der Waals surface area contributed by atoms with E-state index >= 15 is 0 Å². The second kappa shape index (κ2) is 9.42. The number of carbonyl (C=O) groups excluding carboxylic acids is 3. The highest BCUT2D eigenvalue weighted by Gasteiger charge is 2.31. The number of nitrogens with one attached hydrogen (secondary N) is 2. The van der Waals surface area contributed by atoms with Crippen LogP contribution in [0.15, 0.2) is 0 Å². The molecule has 0 bridgehead atoms. The summed E-state index contributed by atoms with van der Waals surface area (Å²) in [6.07, 6.45) is -2.86. The van der Waals surface area contributed by atoms with E-state index in [1.807, 2.05) is 10.6 Å². The van der Waals surface area contributed by atoms with Gasteiger partial charge in [-0.2, -0.15) is 0 Å². The molecule has 0 radical (unpaired) electrons. The lowest BCUT2D eigenvalue weighted by atomic mass is 10.1. The molecule has 0 saturated carbocycles. The summed E-state index contributed by atoms with van der Waals surface area (Å²) in [6.45, 7) is 1.10. The zero-order chi connectivity index (χ0) is 19.0. The lowest BCUT2D eigenvalue weighted by Gasteiger charge is -2.22. The largest absolute Gasteiger partial charge is 0.481 e. The number of aliphatic hydroxyl groups excluding tert-OH is 1. The van der Waals surface area contributed by atoms with Gasteiger partial charge in [-0.15, -0.1) is 0 Å². The third-order valence-corrected chi connectivity index (χ3v) is 2.82. The fraction of sp³-hybridized carbons (Fsp3) is 0.583. The molecule has 0 aromatic rings. The summed E-state index contributed by atoms with van der Waals surface area (Å²) in [7, 11) is 0. The SMILES string of the molecule is C[C@@H](O)[C@H](NC(=O)[C@H](CC(=O)O)NC(=O)[C@@H](N)CC(N)=O)C(=O)O. The molecule has 24 heavy (non-hydrogen) atoms. The molecule has 0 aliphatic rings. The summed E-state index contributed by atoms with van der Waals surface area (Å²) in [4.78, 5) is 56.1. The predicted molar refractivity (Wildman–Crippen MR) is 77.2 cm³/mol. The van der Waals surface area contributed by atoms with Gasteiger partial charge in [0.05, 0.1) is 25.0 Å². The van der Waals surface area contributed by atoms with Crippen LogP contribution < -0.4 is 22.1 Å². The molecule has 0 aromatic heterocycles. The lowest BCUT2D eigenvalue weighted by Crippen LogP contribution is -2.57. The molecule has 0 aliphatic heterocycles. The molecule has 9 N–H and O–H groups in total. The van der Waals surface area contributed by atoms with Gasteiger partial charge in [0.1, 0.15) is 6.04 Å². The van der Waals surface area contributed by atoms with Gasteiger partial charge in [-0.25, -0.2) is 4.79 Å². The molecular weight excluding hydrogens is 328 g/mol. The first-order valence-electron chi connectivity index (χ1n) is 6.73. The highest BCUT2D eigenvalue weighted by atomic mass is 16.4. The van der Waals surface area contributed by atoms with Crippen molar-refractivity contribution < 1.29 is 39.3 Å². The molecule has 12 heteroatoms. The lowest BCUT2D eigenvalue weighted by molar-refractivity contribution is -0.146. The van der Waals surface area contributed by atoms with Crippen molar-refractivity contribution in [3.05, 3.63) is 0 Å². The second-order valence-corrected chi connectivity index (χ2v) is 5.00. The molecule has 0 heterocycles. The van der Waals surface area contributed by atoms with Crippen LogP contribution >= 0.6 is 0 Å². The number of carbonyl (C=O) groups is 5. The van der Waals surface area contributed by atoms with E-state index in [9.17, 15) is 29.1 Å². The van der Waals surface area contributed by atoms with Crippen LogP contribution in [0.5, 0.6) is 0 Å². The Kier molecular flexibility index (Phi) is 8.35. The maximum atomic E-state index is 12.0. The summed E-state index contributed by atoms with van der Waals surface area (Å²) >= 11 is 0. The van der Waals surface area contributed by atoms with Crippen LogP contribution in [-0.2, 0) is 24.0 Å². The van der Waals surface area contributed by atoms with Crippen molar-refractivity contribution in [2.45, 2.75) is 44.0 Å². The number of carboxylic acids is 2. The van der Waals surface area contributed by atoms with E-state index in [4.69, 9.17) is 21.7 Å².